The summed E-state index contributed by atoms with van der Waals surface area (Å²) in [6, 6.07) is 4.27. The van der Waals surface area contributed by atoms with E-state index >= 15 is 0 Å². The van der Waals surface area contributed by atoms with Crippen LogP contribution in [-0.4, -0.2) is 0 Å². The number of benzene rings is 1. The summed E-state index contributed by atoms with van der Waals surface area (Å²) in [5.41, 5.74) is 1.38. The van der Waals surface area contributed by atoms with Crippen LogP contribution in [0.25, 0.3) is 0 Å². The van der Waals surface area contributed by atoms with Gasteiger partial charge in [-0.05, 0) is 24.6 Å². The molecule has 0 spiro atoms. The Morgan fingerprint density at radius 3 is 2.91 bits per heavy atom. The Morgan fingerprint density at radius 1 is 1.55 bits per heavy atom. The largest absolute Gasteiger partial charge is 0.292 e. The first kappa shape index (κ1) is 7.55. The number of anilines is 1. The fourth-order valence-corrected chi connectivity index (χ4v) is 0.789. The van der Waals surface area contributed by atoms with Gasteiger partial charge in [0.2, 0.25) is 0 Å². The van der Waals surface area contributed by atoms with Crippen molar-refractivity contribution in [2.75, 3.05) is 5.32 Å². The Bertz CT molecular complexity index is 301. The average molecular weight is 150 g/mol. The van der Waals surface area contributed by atoms with Crippen molar-refractivity contribution in [1.82, 2.24) is 0 Å². The molecule has 0 aliphatic rings. The highest BCUT2D eigenvalue weighted by Crippen LogP contribution is 2.14. The third-order valence-corrected chi connectivity index (χ3v) is 1.39. The van der Waals surface area contributed by atoms with E-state index < -0.39 is 0 Å². The molecule has 0 aliphatic heterocycles. The quantitative estimate of drug-likeness (QED) is 0.491. The van der Waals surface area contributed by atoms with Crippen LogP contribution in [0.2, 0.25) is 0 Å². The van der Waals surface area contributed by atoms with Crippen molar-refractivity contribution < 1.29 is 4.39 Å². The van der Waals surface area contributed by atoms with Crippen LogP contribution in [-0.2, 0) is 0 Å². The van der Waals surface area contributed by atoms with E-state index in [0.717, 1.165) is 5.56 Å². The number of nitriles is 1. The highest BCUT2D eigenvalue weighted by atomic mass is 19.1. The van der Waals surface area contributed by atoms with Crippen molar-refractivity contribution in [2.45, 2.75) is 6.92 Å². The van der Waals surface area contributed by atoms with Crippen LogP contribution in [0.1, 0.15) is 5.56 Å². The third-order valence-electron chi connectivity index (χ3n) is 1.39. The number of aryl methyl sites for hydroxylation is 1. The van der Waals surface area contributed by atoms with Crippen molar-refractivity contribution >= 4 is 5.69 Å². The Labute approximate surface area is 64.3 Å². The summed E-state index contributed by atoms with van der Waals surface area (Å²) in [6.07, 6.45) is 1.74. The van der Waals surface area contributed by atoms with Gasteiger partial charge < -0.3 is 0 Å². The number of nitrogens with zero attached hydrogens (tertiary/aromatic N) is 1. The smallest absolute Gasteiger partial charge is 0.181 e. The zero-order valence-electron chi connectivity index (χ0n) is 6.06. The van der Waals surface area contributed by atoms with Crippen molar-refractivity contribution in [3.8, 4) is 6.19 Å². The molecular formula is C8H7FN2. The third kappa shape index (κ3) is 1.68. The van der Waals surface area contributed by atoms with E-state index in [4.69, 9.17) is 5.26 Å². The van der Waals surface area contributed by atoms with E-state index in [1.165, 1.54) is 12.1 Å². The lowest BCUT2D eigenvalue weighted by Gasteiger charge is -2.00. The summed E-state index contributed by atoms with van der Waals surface area (Å²) in [5, 5.41) is 10.6. The summed E-state index contributed by atoms with van der Waals surface area (Å²) in [4.78, 5) is 0. The number of nitrogens with one attached hydrogen (secondary N) is 1. The number of hydrogen-bond acceptors (Lipinski definition) is 2. The zero-order chi connectivity index (χ0) is 8.27. The van der Waals surface area contributed by atoms with Crippen LogP contribution >= 0.6 is 0 Å². The van der Waals surface area contributed by atoms with Crippen LogP contribution in [0.3, 0.4) is 0 Å². The minimum Gasteiger partial charge on any atom is -0.292 e. The lowest BCUT2D eigenvalue weighted by Crippen LogP contribution is -1.91. The molecule has 2 nitrogen and oxygen atoms in total. The van der Waals surface area contributed by atoms with Gasteiger partial charge in [0.25, 0.3) is 0 Å². The van der Waals surface area contributed by atoms with Crippen LogP contribution in [0.4, 0.5) is 10.1 Å². The molecule has 56 valence electrons. The lowest BCUT2D eigenvalue weighted by atomic mass is 10.2. The van der Waals surface area contributed by atoms with Gasteiger partial charge in [-0.2, -0.15) is 5.26 Å². The molecule has 0 saturated carbocycles. The van der Waals surface area contributed by atoms with Crippen LogP contribution in [0, 0.1) is 24.2 Å². The van der Waals surface area contributed by atoms with Gasteiger partial charge in [-0.3, -0.25) is 5.32 Å². The predicted octanol–water partition coefficient (Wildman–Crippen LogP) is 2.03. The van der Waals surface area contributed by atoms with Gasteiger partial charge >= 0.3 is 0 Å². The highest BCUT2D eigenvalue weighted by molar-refractivity contribution is 5.53. The first-order valence-electron chi connectivity index (χ1n) is 3.15. The van der Waals surface area contributed by atoms with Gasteiger partial charge in [-0.1, -0.05) is 6.07 Å². The van der Waals surface area contributed by atoms with Crippen LogP contribution in [0.5, 0.6) is 0 Å². The molecule has 1 aromatic rings. The first-order valence-corrected chi connectivity index (χ1v) is 3.15. The SMILES string of the molecule is Cc1ccc(F)cc1NC#N. The van der Waals surface area contributed by atoms with Crippen molar-refractivity contribution in [3.05, 3.63) is 29.6 Å². The number of rotatable bonds is 1. The van der Waals surface area contributed by atoms with E-state index in [2.05, 4.69) is 5.32 Å². The zero-order valence-corrected chi connectivity index (χ0v) is 6.06. The first-order chi connectivity index (χ1) is 5.24. The number of hydrogen-bond donors (Lipinski definition) is 1. The van der Waals surface area contributed by atoms with E-state index in [1.54, 1.807) is 19.2 Å². The summed E-state index contributed by atoms with van der Waals surface area (Å²) in [6.45, 7) is 1.80. The maximum atomic E-state index is 12.5. The van der Waals surface area contributed by atoms with Crippen molar-refractivity contribution in [2.24, 2.45) is 0 Å². The maximum absolute atomic E-state index is 12.5. The molecule has 11 heavy (non-hydrogen) atoms. The van der Waals surface area contributed by atoms with E-state index in [0.29, 0.717) is 5.69 Å². The monoisotopic (exact) mass is 150 g/mol. The van der Waals surface area contributed by atoms with Gasteiger partial charge in [0, 0.05) is 0 Å². The highest BCUT2D eigenvalue weighted by Gasteiger charge is 1.97. The summed E-state index contributed by atoms with van der Waals surface area (Å²) in [5.74, 6) is -0.339. The Kier molecular flexibility index (Phi) is 2.07. The molecule has 0 aromatic heterocycles. The van der Waals surface area contributed by atoms with E-state index in [1.807, 2.05) is 0 Å². The Balaban J connectivity index is 3.05. The minimum atomic E-state index is -0.339. The van der Waals surface area contributed by atoms with Crippen LogP contribution in [0.15, 0.2) is 18.2 Å². The molecule has 1 rings (SSSR count). The average Bonchev–Trinajstić information content (AvgIpc) is 1.98. The normalized spacial score (nSPS) is 8.82. The molecule has 0 heterocycles. The van der Waals surface area contributed by atoms with Gasteiger partial charge in [0.05, 0.1) is 5.69 Å². The molecule has 0 unspecified atom stereocenters. The van der Waals surface area contributed by atoms with Gasteiger partial charge in [-0.15, -0.1) is 0 Å². The van der Waals surface area contributed by atoms with Crippen molar-refractivity contribution in [3.63, 3.8) is 0 Å². The van der Waals surface area contributed by atoms with Gasteiger partial charge in [-0.25, -0.2) is 4.39 Å². The number of halogens is 1. The second kappa shape index (κ2) is 3.02. The molecule has 0 aliphatic carbocycles. The van der Waals surface area contributed by atoms with Crippen LogP contribution < -0.4 is 5.32 Å². The molecular weight excluding hydrogens is 143 g/mol. The second-order valence-corrected chi connectivity index (χ2v) is 2.20. The molecule has 0 fully saturated rings. The molecule has 3 heteroatoms. The molecule has 1 aromatic carbocycles. The molecule has 0 amide bonds. The Morgan fingerprint density at radius 2 is 2.27 bits per heavy atom. The fourth-order valence-electron chi connectivity index (χ4n) is 0.789. The standard InChI is InChI=1S/C8H7FN2/c1-6-2-3-7(9)4-8(6)11-5-10/h2-4,11H,1H3. The second-order valence-electron chi connectivity index (χ2n) is 2.20. The van der Waals surface area contributed by atoms with E-state index in [-0.39, 0.29) is 5.82 Å². The molecule has 0 saturated heterocycles. The van der Waals surface area contributed by atoms with E-state index in [9.17, 15) is 4.39 Å². The predicted molar refractivity (Wildman–Crippen MR) is 40.4 cm³/mol. The molecule has 1 N–H and O–H groups in total. The summed E-state index contributed by atoms with van der Waals surface area (Å²) < 4.78 is 12.5. The lowest BCUT2D eigenvalue weighted by molar-refractivity contribution is 0.628. The minimum absolute atomic E-state index is 0.339. The maximum Gasteiger partial charge on any atom is 0.181 e. The Hall–Kier alpha value is -1.56. The topological polar surface area (TPSA) is 35.8 Å². The molecule has 0 bridgehead atoms. The summed E-state index contributed by atoms with van der Waals surface area (Å²) >= 11 is 0. The van der Waals surface area contributed by atoms with Gasteiger partial charge in [0.1, 0.15) is 5.82 Å². The van der Waals surface area contributed by atoms with Gasteiger partial charge in [0.15, 0.2) is 6.19 Å². The molecule has 0 atom stereocenters. The fraction of sp³-hybridized carbons (Fsp3) is 0.125. The van der Waals surface area contributed by atoms with Crippen molar-refractivity contribution in [1.29, 1.82) is 5.26 Å². The summed E-state index contributed by atoms with van der Waals surface area (Å²) in [7, 11) is 0. The molecule has 0 radical (unpaired) electrons.